The molecule has 0 radical (unpaired) electrons. The lowest BCUT2D eigenvalue weighted by atomic mass is 9.75. The summed E-state index contributed by atoms with van der Waals surface area (Å²) in [6.07, 6.45) is 20.0. The van der Waals surface area contributed by atoms with E-state index in [1.54, 1.807) is 0 Å². The van der Waals surface area contributed by atoms with Gasteiger partial charge in [0.25, 0.3) is 0 Å². The van der Waals surface area contributed by atoms with E-state index in [4.69, 9.17) is 12.6 Å². The van der Waals surface area contributed by atoms with E-state index >= 15 is 0 Å². The molecule has 2 atom stereocenters. The summed E-state index contributed by atoms with van der Waals surface area (Å²) in [5.41, 5.74) is 0. The van der Waals surface area contributed by atoms with E-state index in [2.05, 4.69) is 26.0 Å². The van der Waals surface area contributed by atoms with Crippen molar-refractivity contribution in [1.29, 1.82) is 0 Å². The van der Waals surface area contributed by atoms with Crippen molar-refractivity contribution in [3.05, 3.63) is 12.2 Å². The monoisotopic (exact) mass is 294 g/mol. The largest absolute Gasteiger partial charge is 0.173 e. The molecular weight excluding hydrogens is 260 g/mol. The third kappa shape index (κ3) is 5.13. The van der Waals surface area contributed by atoms with Crippen molar-refractivity contribution in [2.45, 2.75) is 89.2 Å². The second-order valence-corrected chi connectivity index (χ2v) is 8.56. The summed E-state index contributed by atoms with van der Waals surface area (Å²) in [5, 5.41) is 0. The lowest BCUT2D eigenvalue weighted by Crippen LogP contribution is -2.25. The van der Waals surface area contributed by atoms with Crippen LogP contribution in [-0.2, 0) is 0 Å². The molecule has 0 aromatic rings. The normalized spacial score (nSPS) is 40.5. The Morgan fingerprint density at radius 1 is 1.10 bits per heavy atom. The smallest absolute Gasteiger partial charge is 0.0130 e. The minimum atomic E-state index is 0.286. The first kappa shape index (κ1) is 16.5. The molecule has 20 heavy (non-hydrogen) atoms. The fourth-order valence-electron chi connectivity index (χ4n) is 4.38. The van der Waals surface area contributed by atoms with Crippen molar-refractivity contribution >= 4 is 12.6 Å². The predicted octanol–water partition coefficient (Wildman–Crippen LogP) is 6.42. The summed E-state index contributed by atoms with van der Waals surface area (Å²) in [4.78, 5) is 0. The molecule has 0 aromatic carbocycles. The van der Waals surface area contributed by atoms with E-state index in [0.29, 0.717) is 0 Å². The van der Waals surface area contributed by atoms with Gasteiger partial charge >= 0.3 is 0 Å². The van der Waals surface area contributed by atoms with E-state index < -0.39 is 0 Å². The molecule has 0 spiro atoms. The molecule has 116 valence electrons. The van der Waals surface area contributed by atoms with Crippen molar-refractivity contribution in [3.8, 4) is 0 Å². The zero-order valence-electron chi connectivity index (χ0n) is 13.6. The molecule has 3 aliphatic rings. The van der Waals surface area contributed by atoms with Gasteiger partial charge in [-0.25, -0.2) is 0 Å². The third-order valence-corrected chi connectivity index (χ3v) is 6.46. The number of rotatable bonds is 1. The number of allylic oxidation sites excluding steroid dienone is 2. The second kappa shape index (κ2) is 7.92. The zero-order valence-corrected chi connectivity index (χ0v) is 14.5. The van der Waals surface area contributed by atoms with Gasteiger partial charge in [0.15, 0.2) is 0 Å². The minimum Gasteiger partial charge on any atom is -0.173 e. The van der Waals surface area contributed by atoms with E-state index in [9.17, 15) is 0 Å². The van der Waals surface area contributed by atoms with Crippen LogP contribution in [0.4, 0.5) is 0 Å². The van der Waals surface area contributed by atoms with Crippen LogP contribution in [0.15, 0.2) is 12.2 Å². The average Bonchev–Trinajstić information content (AvgIpc) is 2.44. The van der Waals surface area contributed by atoms with Crippen LogP contribution >= 0.6 is 12.6 Å². The minimum absolute atomic E-state index is 0.286. The van der Waals surface area contributed by atoms with Gasteiger partial charge < -0.3 is 0 Å². The lowest BCUT2D eigenvalue weighted by Gasteiger charge is -2.34. The topological polar surface area (TPSA) is 0 Å². The summed E-state index contributed by atoms with van der Waals surface area (Å²) < 4.78 is 0.286. The number of fused-ring (bicyclic) bond motifs is 10. The number of thiol groups is 1. The van der Waals surface area contributed by atoms with Gasteiger partial charge in [0.2, 0.25) is 0 Å². The van der Waals surface area contributed by atoms with Gasteiger partial charge in [0, 0.05) is 4.75 Å². The van der Waals surface area contributed by atoms with E-state index in [-0.39, 0.29) is 4.75 Å². The van der Waals surface area contributed by atoms with Crippen LogP contribution in [0.3, 0.4) is 0 Å². The first-order valence-corrected chi connectivity index (χ1v) is 9.43. The molecule has 3 rings (SSSR count). The molecule has 1 fully saturated rings. The molecule has 0 amide bonds. The Hall–Kier alpha value is 0.0900. The molecular formula is C19H34S. The summed E-state index contributed by atoms with van der Waals surface area (Å²) in [7, 11) is 0. The summed E-state index contributed by atoms with van der Waals surface area (Å²) in [5.74, 6) is 2.84. The van der Waals surface area contributed by atoms with Gasteiger partial charge in [0.1, 0.15) is 0 Å². The first-order chi connectivity index (χ1) is 9.61. The van der Waals surface area contributed by atoms with Gasteiger partial charge in [-0.15, -0.1) is 0 Å². The highest BCUT2D eigenvalue weighted by Gasteiger charge is 2.28. The SMILES string of the molecule is CCC1(S)CCCC=CCC2CCC(CC2)CC(C)C1. The van der Waals surface area contributed by atoms with Crippen molar-refractivity contribution < 1.29 is 0 Å². The molecule has 0 saturated heterocycles. The van der Waals surface area contributed by atoms with Gasteiger partial charge in [0.05, 0.1) is 0 Å². The lowest BCUT2D eigenvalue weighted by molar-refractivity contribution is 0.228. The van der Waals surface area contributed by atoms with Crippen molar-refractivity contribution in [3.63, 3.8) is 0 Å². The standard InChI is InChI=1S/C19H34S/c1-3-19(20)13-7-5-4-6-8-17-9-11-18(12-10-17)14-16(2)15-19/h4,6,16-18,20H,3,5,7-15H2,1-2H3. The highest BCUT2D eigenvalue weighted by Crippen LogP contribution is 2.39. The molecule has 0 nitrogen and oxygen atoms in total. The van der Waals surface area contributed by atoms with Gasteiger partial charge in [-0.3, -0.25) is 0 Å². The Balaban J connectivity index is 1.99. The van der Waals surface area contributed by atoms with Crippen molar-refractivity contribution in [2.24, 2.45) is 17.8 Å². The molecule has 1 heteroatoms. The third-order valence-electron chi connectivity index (χ3n) is 5.74. The maximum atomic E-state index is 5.06. The Morgan fingerprint density at radius 2 is 1.80 bits per heavy atom. The molecule has 0 N–H and O–H groups in total. The van der Waals surface area contributed by atoms with Crippen molar-refractivity contribution in [1.82, 2.24) is 0 Å². The second-order valence-electron chi connectivity index (χ2n) is 7.61. The van der Waals surface area contributed by atoms with E-state index in [1.165, 1.54) is 70.6 Å². The van der Waals surface area contributed by atoms with Crippen LogP contribution in [0.1, 0.15) is 84.5 Å². The molecule has 2 bridgehead atoms. The Bertz CT molecular complexity index is 301. The molecule has 1 saturated carbocycles. The molecule has 2 unspecified atom stereocenters. The van der Waals surface area contributed by atoms with E-state index in [0.717, 1.165) is 17.8 Å². The predicted molar refractivity (Wildman–Crippen MR) is 93.5 cm³/mol. The van der Waals surface area contributed by atoms with Crippen LogP contribution < -0.4 is 0 Å². The van der Waals surface area contributed by atoms with Crippen LogP contribution in [0, 0.1) is 17.8 Å². The quantitative estimate of drug-likeness (QED) is 0.419. The fraction of sp³-hybridized carbons (Fsp3) is 0.895. The molecule has 0 aliphatic heterocycles. The van der Waals surface area contributed by atoms with Crippen LogP contribution in [-0.4, -0.2) is 4.75 Å². The van der Waals surface area contributed by atoms with Gasteiger partial charge in [-0.2, -0.15) is 12.6 Å². The Labute approximate surface area is 132 Å². The summed E-state index contributed by atoms with van der Waals surface area (Å²) >= 11 is 5.06. The highest BCUT2D eigenvalue weighted by atomic mass is 32.1. The molecule has 3 aliphatic carbocycles. The number of hydrogen-bond acceptors (Lipinski definition) is 1. The fourth-order valence-corrected chi connectivity index (χ4v) is 4.85. The van der Waals surface area contributed by atoms with E-state index in [1.807, 2.05) is 0 Å². The van der Waals surface area contributed by atoms with Crippen LogP contribution in [0.5, 0.6) is 0 Å². The van der Waals surface area contributed by atoms with Crippen LogP contribution in [0.2, 0.25) is 0 Å². The highest BCUT2D eigenvalue weighted by molar-refractivity contribution is 7.81. The Kier molecular flexibility index (Phi) is 6.52. The maximum Gasteiger partial charge on any atom is 0.0130 e. The molecule has 0 aromatic heterocycles. The maximum absolute atomic E-state index is 5.06. The summed E-state index contributed by atoms with van der Waals surface area (Å²) in [6.45, 7) is 4.79. The van der Waals surface area contributed by atoms with Crippen molar-refractivity contribution in [2.75, 3.05) is 0 Å². The van der Waals surface area contributed by atoms with Gasteiger partial charge in [-0.05, 0) is 75.5 Å². The first-order valence-electron chi connectivity index (χ1n) is 8.98. The van der Waals surface area contributed by atoms with Gasteiger partial charge in [-0.1, -0.05) is 38.8 Å². The summed E-state index contributed by atoms with van der Waals surface area (Å²) in [6, 6.07) is 0. The zero-order chi connectivity index (χ0) is 14.4. The Morgan fingerprint density at radius 3 is 2.50 bits per heavy atom. The van der Waals surface area contributed by atoms with Crippen LogP contribution in [0.25, 0.3) is 0 Å². The number of hydrogen-bond donors (Lipinski definition) is 1. The molecule has 0 heterocycles. The average molecular weight is 295 g/mol.